The van der Waals surface area contributed by atoms with Crippen molar-refractivity contribution in [2.24, 2.45) is 0 Å². The Morgan fingerprint density at radius 2 is 1.94 bits per heavy atom. The molecule has 1 rings (SSSR count). The van der Waals surface area contributed by atoms with Gasteiger partial charge in [0, 0.05) is 6.10 Å². The van der Waals surface area contributed by atoms with Crippen molar-refractivity contribution in [3.8, 4) is 0 Å². The highest BCUT2D eigenvalue weighted by atomic mass is 28.4. The molecule has 0 unspecified atom stereocenters. The molecule has 0 radical (unpaired) electrons. The van der Waals surface area contributed by atoms with Crippen LogP contribution in [-0.2, 0) is 10.8 Å². The van der Waals surface area contributed by atoms with Crippen molar-refractivity contribution in [3.05, 3.63) is 42.0 Å². The molecule has 1 aromatic rings. The molecule has 1 aromatic carbocycles. The van der Waals surface area contributed by atoms with Crippen LogP contribution >= 0.6 is 0 Å². The number of hydrogen-bond acceptors (Lipinski definition) is 1. The Kier molecular flexibility index (Phi) is 5.16. The molecule has 0 bridgehead atoms. The molecule has 0 aromatic heterocycles. The summed E-state index contributed by atoms with van der Waals surface area (Å²) in [6.45, 7) is 12.7. The lowest BCUT2D eigenvalue weighted by atomic mass is 10.1. The van der Waals surface area contributed by atoms with Crippen LogP contribution in [0.25, 0.3) is 6.08 Å². The average molecular weight is 248 g/mol. The Hall–Kier alpha value is -0.863. The summed E-state index contributed by atoms with van der Waals surface area (Å²) in [5.41, 5.74) is 2.64. The quantitative estimate of drug-likeness (QED) is 0.673. The molecule has 0 aliphatic rings. The van der Waals surface area contributed by atoms with Gasteiger partial charge in [0.2, 0.25) is 0 Å². The van der Waals surface area contributed by atoms with E-state index in [1.807, 2.05) is 6.08 Å². The van der Waals surface area contributed by atoms with Crippen molar-refractivity contribution >= 4 is 14.4 Å². The number of hydrogen-bond donors (Lipinski definition) is 0. The highest BCUT2D eigenvalue weighted by Crippen LogP contribution is 2.20. The third-order valence-corrected chi connectivity index (χ3v) is 5.39. The number of benzene rings is 1. The van der Waals surface area contributed by atoms with Gasteiger partial charge < -0.3 is 4.43 Å². The molecular formula is C15H24OSi. The second kappa shape index (κ2) is 6.17. The van der Waals surface area contributed by atoms with Gasteiger partial charge in [-0.25, -0.2) is 0 Å². The fourth-order valence-corrected chi connectivity index (χ4v) is 4.36. The summed E-state index contributed by atoms with van der Waals surface area (Å²) >= 11 is 0. The normalized spacial score (nSPS) is 11.8. The molecule has 17 heavy (non-hydrogen) atoms. The van der Waals surface area contributed by atoms with Gasteiger partial charge >= 0.3 is 0 Å². The molecule has 2 heteroatoms. The first-order chi connectivity index (χ1) is 7.94. The van der Waals surface area contributed by atoms with Crippen LogP contribution in [0.2, 0.25) is 19.1 Å². The van der Waals surface area contributed by atoms with Gasteiger partial charge in [0.25, 0.3) is 0 Å². The Morgan fingerprint density at radius 3 is 2.53 bits per heavy atom. The van der Waals surface area contributed by atoms with Crippen LogP contribution in [-0.4, -0.2) is 14.4 Å². The molecule has 0 amide bonds. The topological polar surface area (TPSA) is 9.23 Å². The van der Waals surface area contributed by atoms with Gasteiger partial charge in [-0.1, -0.05) is 36.9 Å². The second-order valence-corrected chi connectivity index (χ2v) is 9.58. The van der Waals surface area contributed by atoms with Gasteiger partial charge in [0.05, 0.1) is 0 Å². The molecule has 0 heterocycles. The zero-order chi connectivity index (χ0) is 12.9. The van der Waals surface area contributed by atoms with E-state index in [9.17, 15) is 0 Å². The number of rotatable bonds is 6. The highest BCUT2D eigenvalue weighted by molar-refractivity contribution is 6.71. The predicted molar refractivity (Wildman–Crippen MR) is 78.7 cm³/mol. The summed E-state index contributed by atoms with van der Waals surface area (Å²) in [5.74, 6) is 0. The zero-order valence-electron chi connectivity index (χ0n) is 11.5. The van der Waals surface area contributed by atoms with Crippen LogP contribution in [0.4, 0.5) is 0 Å². The van der Waals surface area contributed by atoms with Gasteiger partial charge in [-0.2, -0.15) is 0 Å². The lowest BCUT2D eigenvalue weighted by molar-refractivity contribution is 0.231. The third-order valence-electron chi connectivity index (χ3n) is 2.83. The molecule has 0 atom stereocenters. The molecule has 0 aliphatic carbocycles. The summed E-state index contributed by atoms with van der Waals surface area (Å²) in [5, 5.41) is 0. The van der Waals surface area contributed by atoms with Crippen molar-refractivity contribution in [3.63, 3.8) is 0 Å². The molecule has 0 saturated heterocycles. The summed E-state index contributed by atoms with van der Waals surface area (Å²) in [6, 6.07) is 9.64. The second-order valence-electron chi connectivity index (χ2n) is 5.33. The minimum Gasteiger partial charge on any atom is -0.415 e. The molecule has 0 spiro atoms. The van der Waals surface area contributed by atoms with Gasteiger partial charge in [0.15, 0.2) is 8.32 Å². The summed E-state index contributed by atoms with van der Waals surface area (Å²) in [4.78, 5) is 0. The minimum atomic E-state index is -1.52. The maximum atomic E-state index is 6.05. The molecule has 0 fully saturated rings. The van der Waals surface area contributed by atoms with E-state index in [4.69, 9.17) is 4.43 Å². The Labute approximate surface area is 107 Å². The molecule has 1 nitrogen and oxygen atoms in total. The van der Waals surface area contributed by atoms with E-state index in [-0.39, 0.29) is 0 Å². The van der Waals surface area contributed by atoms with Crippen molar-refractivity contribution in [1.82, 2.24) is 0 Å². The molecule has 0 N–H and O–H groups in total. The maximum Gasteiger partial charge on any atom is 0.187 e. The van der Waals surface area contributed by atoms with Gasteiger partial charge in [-0.05, 0) is 50.5 Å². The average Bonchev–Trinajstić information content (AvgIpc) is 2.25. The van der Waals surface area contributed by atoms with Crippen molar-refractivity contribution in [1.29, 1.82) is 0 Å². The Balaban J connectivity index is 2.63. The standard InChI is InChI=1S/C15H24OSi/c1-6-14-9-7-8-10-15(14)11-12-17(4,5)16-13(2)3/h6-10,13H,1,11-12H2,2-5H3. The maximum absolute atomic E-state index is 6.05. The van der Waals surface area contributed by atoms with Gasteiger partial charge in [-0.3, -0.25) is 0 Å². The van der Waals surface area contributed by atoms with Crippen LogP contribution in [0.3, 0.4) is 0 Å². The SMILES string of the molecule is C=Cc1ccccc1CC[Si](C)(C)OC(C)C. The van der Waals surface area contributed by atoms with E-state index in [1.54, 1.807) is 0 Å². The Morgan fingerprint density at radius 1 is 1.29 bits per heavy atom. The van der Waals surface area contributed by atoms with E-state index in [0.29, 0.717) is 6.10 Å². The Bertz CT molecular complexity index is 369. The van der Waals surface area contributed by atoms with Gasteiger partial charge in [0.1, 0.15) is 0 Å². The molecule has 94 valence electrons. The zero-order valence-corrected chi connectivity index (χ0v) is 12.5. The van der Waals surface area contributed by atoms with Gasteiger partial charge in [-0.15, -0.1) is 0 Å². The number of aryl methyl sites for hydroxylation is 1. The largest absolute Gasteiger partial charge is 0.415 e. The van der Waals surface area contributed by atoms with E-state index in [0.717, 1.165) is 12.5 Å². The monoisotopic (exact) mass is 248 g/mol. The van der Waals surface area contributed by atoms with Crippen LogP contribution in [0.15, 0.2) is 30.8 Å². The molecule has 0 aliphatic heterocycles. The van der Waals surface area contributed by atoms with E-state index in [1.165, 1.54) is 11.1 Å². The first-order valence-electron chi connectivity index (χ1n) is 6.33. The van der Waals surface area contributed by atoms with Crippen LogP contribution in [0, 0.1) is 0 Å². The molecule has 0 saturated carbocycles. The summed E-state index contributed by atoms with van der Waals surface area (Å²) in [7, 11) is -1.52. The van der Waals surface area contributed by atoms with E-state index < -0.39 is 8.32 Å². The van der Waals surface area contributed by atoms with Crippen LogP contribution in [0.5, 0.6) is 0 Å². The van der Waals surface area contributed by atoms with Crippen molar-refractivity contribution < 1.29 is 4.43 Å². The summed E-state index contributed by atoms with van der Waals surface area (Å²) in [6.07, 6.45) is 3.37. The predicted octanol–water partition coefficient (Wildman–Crippen LogP) is 4.50. The summed E-state index contributed by atoms with van der Waals surface area (Å²) < 4.78 is 6.05. The fraction of sp³-hybridized carbons (Fsp3) is 0.467. The lowest BCUT2D eigenvalue weighted by Gasteiger charge is -2.25. The van der Waals surface area contributed by atoms with Crippen molar-refractivity contribution in [2.75, 3.05) is 0 Å². The highest BCUT2D eigenvalue weighted by Gasteiger charge is 2.23. The smallest absolute Gasteiger partial charge is 0.187 e. The first kappa shape index (κ1) is 14.2. The fourth-order valence-electron chi connectivity index (χ4n) is 2.09. The lowest BCUT2D eigenvalue weighted by Crippen LogP contribution is -2.33. The first-order valence-corrected chi connectivity index (χ1v) is 9.44. The van der Waals surface area contributed by atoms with Crippen LogP contribution in [0.1, 0.15) is 25.0 Å². The minimum absolute atomic E-state index is 0.339. The molecular weight excluding hydrogens is 224 g/mol. The third kappa shape index (κ3) is 4.88. The van der Waals surface area contributed by atoms with E-state index in [2.05, 4.69) is 57.8 Å². The van der Waals surface area contributed by atoms with Crippen LogP contribution < -0.4 is 0 Å². The van der Waals surface area contributed by atoms with E-state index >= 15 is 0 Å². The van der Waals surface area contributed by atoms with Crippen molar-refractivity contribution in [2.45, 2.75) is 45.5 Å².